The molecule has 0 spiro atoms. The van der Waals surface area contributed by atoms with Crippen molar-refractivity contribution in [3.63, 3.8) is 0 Å². The molecule has 0 saturated heterocycles. The number of aryl methyl sites for hydroxylation is 1. The van der Waals surface area contributed by atoms with Crippen LogP contribution in [-0.2, 0) is 4.74 Å². The summed E-state index contributed by atoms with van der Waals surface area (Å²) in [6.45, 7) is 8.93. The van der Waals surface area contributed by atoms with Gasteiger partial charge in [-0.3, -0.25) is 0 Å². The van der Waals surface area contributed by atoms with Gasteiger partial charge in [0.05, 0.1) is 0 Å². The van der Waals surface area contributed by atoms with Gasteiger partial charge in [0, 0.05) is 38.6 Å². The van der Waals surface area contributed by atoms with Crippen LogP contribution in [0.2, 0.25) is 0 Å². The van der Waals surface area contributed by atoms with E-state index in [1.54, 1.807) is 11.9 Å². The molecule has 5 heteroatoms. The second-order valence-corrected chi connectivity index (χ2v) is 6.37. The van der Waals surface area contributed by atoms with E-state index < -0.39 is 5.60 Å². The summed E-state index contributed by atoms with van der Waals surface area (Å²) >= 11 is 0. The molecule has 1 rings (SSSR count). The molecule has 0 atom stereocenters. The van der Waals surface area contributed by atoms with E-state index in [9.17, 15) is 4.79 Å². The number of nitrogens with zero attached hydrogens (tertiary/aromatic N) is 2. The summed E-state index contributed by atoms with van der Waals surface area (Å²) in [4.78, 5) is 15.6. The lowest BCUT2D eigenvalue weighted by Gasteiger charge is -2.27. The first-order valence-electron chi connectivity index (χ1n) is 7.11. The van der Waals surface area contributed by atoms with Crippen molar-refractivity contribution in [3.05, 3.63) is 23.8 Å². The molecular weight excluding hydrogens is 266 g/mol. The van der Waals surface area contributed by atoms with E-state index in [1.807, 2.05) is 52.9 Å². The number of hydrogen-bond acceptors (Lipinski definition) is 4. The summed E-state index contributed by atoms with van der Waals surface area (Å²) in [7, 11) is 3.75. The minimum Gasteiger partial charge on any atom is -0.444 e. The van der Waals surface area contributed by atoms with E-state index in [0.29, 0.717) is 6.54 Å². The van der Waals surface area contributed by atoms with Crippen molar-refractivity contribution in [2.24, 2.45) is 0 Å². The third kappa shape index (κ3) is 5.53. The summed E-state index contributed by atoms with van der Waals surface area (Å²) < 4.78 is 5.33. The fourth-order valence-electron chi connectivity index (χ4n) is 1.96. The molecular formula is C16H27N3O2. The van der Waals surface area contributed by atoms with Gasteiger partial charge in [0.1, 0.15) is 5.60 Å². The summed E-state index contributed by atoms with van der Waals surface area (Å²) in [6.07, 6.45) is -0.301. The van der Waals surface area contributed by atoms with Crippen molar-refractivity contribution in [2.75, 3.05) is 37.8 Å². The van der Waals surface area contributed by atoms with Crippen LogP contribution < -0.4 is 10.6 Å². The van der Waals surface area contributed by atoms with Gasteiger partial charge in [-0.05, 0) is 51.5 Å². The number of anilines is 2. The number of ether oxygens (including phenoxy) is 1. The highest BCUT2D eigenvalue weighted by Gasteiger charge is 2.19. The van der Waals surface area contributed by atoms with Gasteiger partial charge in [-0.2, -0.15) is 0 Å². The van der Waals surface area contributed by atoms with E-state index in [4.69, 9.17) is 10.5 Å². The Balaban J connectivity index is 2.56. The number of rotatable bonds is 4. The van der Waals surface area contributed by atoms with Crippen molar-refractivity contribution in [1.29, 1.82) is 0 Å². The van der Waals surface area contributed by atoms with Gasteiger partial charge in [-0.1, -0.05) is 0 Å². The molecule has 5 nitrogen and oxygen atoms in total. The average molecular weight is 293 g/mol. The third-order valence-corrected chi connectivity index (χ3v) is 3.11. The fraction of sp³-hybridized carbons (Fsp3) is 0.562. The zero-order valence-corrected chi connectivity index (χ0v) is 13.9. The molecule has 21 heavy (non-hydrogen) atoms. The highest BCUT2D eigenvalue weighted by molar-refractivity contribution is 5.67. The number of likely N-dealkylation sites (N-methyl/N-ethyl adjacent to an activating group) is 2. The standard InChI is InChI=1S/C16H27N3O2/c1-12-11-13(17)7-8-14(12)18(5)9-10-19(6)15(20)21-16(2,3)4/h7-8,11H,9-10,17H2,1-6H3. The van der Waals surface area contributed by atoms with Gasteiger partial charge in [-0.15, -0.1) is 0 Å². The summed E-state index contributed by atoms with van der Waals surface area (Å²) in [5.74, 6) is 0. The van der Waals surface area contributed by atoms with Crippen LogP contribution in [0.4, 0.5) is 16.2 Å². The van der Waals surface area contributed by atoms with Crippen LogP contribution in [0.5, 0.6) is 0 Å². The van der Waals surface area contributed by atoms with Gasteiger partial charge in [0.25, 0.3) is 0 Å². The van der Waals surface area contributed by atoms with Crippen molar-refractivity contribution in [3.8, 4) is 0 Å². The Labute approximate surface area is 127 Å². The summed E-state index contributed by atoms with van der Waals surface area (Å²) in [6, 6.07) is 5.83. The number of nitrogen functional groups attached to an aromatic ring is 1. The minimum absolute atomic E-state index is 0.301. The lowest BCUT2D eigenvalue weighted by atomic mass is 10.1. The third-order valence-electron chi connectivity index (χ3n) is 3.11. The van der Waals surface area contributed by atoms with E-state index >= 15 is 0 Å². The van der Waals surface area contributed by atoms with Gasteiger partial charge in [0.15, 0.2) is 0 Å². The van der Waals surface area contributed by atoms with Crippen molar-refractivity contribution in [1.82, 2.24) is 4.90 Å². The average Bonchev–Trinajstić information content (AvgIpc) is 2.33. The lowest BCUT2D eigenvalue weighted by molar-refractivity contribution is 0.0303. The molecule has 1 aromatic rings. The minimum atomic E-state index is -0.467. The summed E-state index contributed by atoms with van der Waals surface area (Å²) in [5.41, 5.74) is 8.29. The largest absolute Gasteiger partial charge is 0.444 e. The van der Waals surface area contributed by atoms with Gasteiger partial charge < -0.3 is 20.3 Å². The van der Waals surface area contributed by atoms with E-state index in [0.717, 1.165) is 23.5 Å². The SMILES string of the molecule is Cc1cc(N)ccc1N(C)CCN(C)C(=O)OC(C)(C)C. The molecule has 0 aliphatic carbocycles. The molecule has 0 fully saturated rings. The zero-order chi connectivity index (χ0) is 16.2. The van der Waals surface area contributed by atoms with Crippen LogP contribution in [0, 0.1) is 6.92 Å². The van der Waals surface area contributed by atoms with Crippen molar-refractivity contribution in [2.45, 2.75) is 33.3 Å². The Morgan fingerprint density at radius 1 is 1.24 bits per heavy atom. The van der Waals surface area contributed by atoms with E-state index in [2.05, 4.69) is 4.90 Å². The second kappa shape index (κ2) is 6.70. The molecule has 0 bridgehead atoms. The number of carbonyl (C=O) groups excluding carboxylic acids is 1. The first-order chi connectivity index (χ1) is 9.60. The molecule has 0 aromatic heterocycles. The van der Waals surface area contributed by atoms with Crippen LogP contribution in [0.25, 0.3) is 0 Å². The number of nitrogens with two attached hydrogens (primary N) is 1. The number of amides is 1. The van der Waals surface area contributed by atoms with Crippen LogP contribution in [0.3, 0.4) is 0 Å². The second-order valence-electron chi connectivity index (χ2n) is 6.37. The molecule has 1 amide bonds. The fourth-order valence-corrected chi connectivity index (χ4v) is 1.96. The van der Waals surface area contributed by atoms with Gasteiger partial charge in [0.2, 0.25) is 0 Å². The first kappa shape index (κ1) is 17.1. The molecule has 0 aliphatic heterocycles. The zero-order valence-electron chi connectivity index (χ0n) is 13.9. The van der Waals surface area contributed by atoms with Crippen molar-refractivity contribution < 1.29 is 9.53 Å². The maximum atomic E-state index is 11.9. The molecule has 0 saturated carbocycles. The Kier molecular flexibility index (Phi) is 5.47. The number of carbonyl (C=O) groups is 1. The molecule has 1 aromatic carbocycles. The smallest absolute Gasteiger partial charge is 0.410 e. The van der Waals surface area contributed by atoms with Crippen molar-refractivity contribution >= 4 is 17.5 Å². The Morgan fingerprint density at radius 2 is 1.86 bits per heavy atom. The Morgan fingerprint density at radius 3 is 2.38 bits per heavy atom. The molecule has 0 aliphatic rings. The number of hydrogen-bond donors (Lipinski definition) is 1. The quantitative estimate of drug-likeness (QED) is 0.867. The lowest BCUT2D eigenvalue weighted by Crippen LogP contribution is -2.38. The topological polar surface area (TPSA) is 58.8 Å². The van der Waals surface area contributed by atoms with Crippen LogP contribution in [-0.4, -0.2) is 43.8 Å². The first-order valence-corrected chi connectivity index (χ1v) is 7.11. The summed E-state index contributed by atoms with van der Waals surface area (Å²) in [5, 5.41) is 0. The molecule has 118 valence electrons. The Hall–Kier alpha value is -1.91. The van der Waals surface area contributed by atoms with Crippen LogP contribution in [0.15, 0.2) is 18.2 Å². The van der Waals surface area contributed by atoms with Crippen LogP contribution in [0.1, 0.15) is 26.3 Å². The monoisotopic (exact) mass is 293 g/mol. The predicted octanol–water partition coefficient (Wildman–Crippen LogP) is 2.88. The van der Waals surface area contributed by atoms with Crippen LogP contribution >= 0.6 is 0 Å². The molecule has 2 N–H and O–H groups in total. The molecule has 0 unspecified atom stereocenters. The predicted molar refractivity (Wildman–Crippen MR) is 87.7 cm³/mol. The molecule has 0 heterocycles. The maximum absolute atomic E-state index is 11.9. The van der Waals surface area contributed by atoms with Gasteiger partial charge in [-0.25, -0.2) is 4.79 Å². The highest BCUT2D eigenvalue weighted by Crippen LogP contribution is 2.21. The number of benzene rings is 1. The van der Waals surface area contributed by atoms with E-state index in [1.165, 1.54) is 0 Å². The Bertz CT molecular complexity index is 495. The maximum Gasteiger partial charge on any atom is 0.410 e. The van der Waals surface area contributed by atoms with Gasteiger partial charge >= 0.3 is 6.09 Å². The normalized spacial score (nSPS) is 11.1. The molecule has 0 radical (unpaired) electrons. The highest BCUT2D eigenvalue weighted by atomic mass is 16.6. The van der Waals surface area contributed by atoms with E-state index in [-0.39, 0.29) is 6.09 Å².